The van der Waals surface area contributed by atoms with Crippen LogP contribution in [0.4, 0.5) is 0 Å². The summed E-state index contributed by atoms with van der Waals surface area (Å²) in [5.74, 6) is -0.405. The Hall–Kier alpha value is -1.80. The van der Waals surface area contributed by atoms with Crippen LogP contribution in [0.15, 0.2) is 16.7 Å². The number of furan rings is 1. The molecule has 0 unspecified atom stereocenters. The van der Waals surface area contributed by atoms with Crippen LogP contribution < -0.4 is 0 Å². The van der Waals surface area contributed by atoms with E-state index in [4.69, 9.17) is 14.8 Å². The lowest BCUT2D eigenvalue weighted by atomic mass is 10.3. The molecule has 5 heteroatoms. The highest BCUT2D eigenvalue weighted by Gasteiger charge is 2.09. The highest BCUT2D eigenvalue weighted by Crippen LogP contribution is 2.09. The van der Waals surface area contributed by atoms with Crippen LogP contribution in [0.2, 0.25) is 0 Å². The second-order valence-electron chi connectivity index (χ2n) is 3.25. The van der Waals surface area contributed by atoms with E-state index in [2.05, 4.69) is 0 Å². The molecule has 0 atom stereocenters. The predicted molar refractivity (Wildman–Crippen MR) is 52.2 cm³/mol. The molecule has 0 aliphatic carbocycles. The highest BCUT2D eigenvalue weighted by atomic mass is 16.4. The molecule has 0 aliphatic rings. The summed E-state index contributed by atoms with van der Waals surface area (Å²) >= 11 is 0. The summed E-state index contributed by atoms with van der Waals surface area (Å²) in [5.41, 5.74) is 0.152. The molecular weight excluding hydrogens is 196 g/mol. The van der Waals surface area contributed by atoms with E-state index in [1.807, 2.05) is 18.0 Å². The van der Waals surface area contributed by atoms with Crippen molar-refractivity contribution < 1.29 is 14.3 Å². The van der Waals surface area contributed by atoms with E-state index in [9.17, 15) is 4.79 Å². The molecule has 0 aromatic carbocycles. The van der Waals surface area contributed by atoms with Crippen LogP contribution in [0, 0.1) is 11.3 Å². The molecule has 1 heterocycles. The number of nitriles is 1. The Morgan fingerprint density at radius 2 is 2.47 bits per heavy atom. The van der Waals surface area contributed by atoms with Gasteiger partial charge in [0.15, 0.2) is 0 Å². The molecule has 0 saturated heterocycles. The minimum atomic E-state index is -0.996. The molecule has 1 rings (SSSR count). The lowest BCUT2D eigenvalue weighted by Crippen LogP contribution is -2.18. The number of carboxylic acids is 1. The number of rotatable bonds is 5. The lowest BCUT2D eigenvalue weighted by molar-refractivity contribution is 0.0696. The van der Waals surface area contributed by atoms with Crippen molar-refractivity contribution in [3.8, 4) is 6.07 Å². The first-order chi connectivity index (χ1) is 7.13. The quantitative estimate of drug-likeness (QED) is 0.789. The van der Waals surface area contributed by atoms with E-state index in [0.29, 0.717) is 25.3 Å². The number of hydrogen-bond acceptors (Lipinski definition) is 4. The van der Waals surface area contributed by atoms with Crippen LogP contribution in [-0.4, -0.2) is 29.6 Å². The molecule has 0 amide bonds. The van der Waals surface area contributed by atoms with Gasteiger partial charge >= 0.3 is 5.97 Å². The normalized spacial score (nSPS) is 10.2. The molecule has 1 aromatic heterocycles. The first-order valence-corrected chi connectivity index (χ1v) is 4.49. The maximum absolute atomic E-state index is 10.6. The zero-order valence-electron chi connectivity index (χ0n) is 8.43. The summed E-state index contributed by atoms with van der Waals surface area (Å²) < 4.78 is 5.07. The van der Waals surface area contributed by atoms with Gasteiger partial charge in [-0.2, -0.15) is 5.26 Å². The molecule has 1 aromatic rings. The number of carboxylic acid groups (broad SMARTS) is 1. The maximum atomic E-state index is 10.6. The largest absolute Gasteiger partial charge is 0.478 e. The van der Waals surface area contributed by atoms with E-state index in [-0.39, 0.29) is 5.56 Å². The van der Waals surface area contributed by atoms with Crippen molar-refractivity contribution in [1.29, 1.82) is 5.26 Å². The molecule has 15 heavy (non-hydrogen) atoms. The van der Waals surface area contributed by atoms with Crippen LogP contribution in [0.25, 0.3) is 0 Å². The molecule has 1 N–H and O–H groups in total. The second kappa shape index (κ2) is 5.17. The van der Waals surface area contributed by atoms with Crippen LogP contribution >= 0.6 is 0 Å². The van der Waals surface area contributed by atoms with Crippen LogP contribution in [0.3, 0.4) is 0 Å². The lowest BCUT2D eigenvalue weighted by Gasteiger charge is -2.11. The van der Waals surface area contributed by atoms with Crippen molar-refractivity contribution in [3.63, 3.8) is 0 Å². The molecular formula is C10H12N2O3. The summed E-state index contributed by atoms with van der Waals surface area (Å²) in [5, 5.41) is 17.0. The van der Waals surface area contributed by atoms with Crippen molar-refractivity contribution in [2.75, 3.05) is 13.6 Å². The van der Waals surface area contributed by atoms with Gasteiger partial charge in [0.1, 0.15) is 12.0 Å². The minimum absolute atomic E-state index is 0.152. The molecule has 0 spiro atoms. The molecule has 0 saturated carbocycles. The Balaban J connectivity index is 2.50. The van der Waals surface area contributed by atoms with E-state index < -0.39 is 5.97 Å². The summed E-state index contributed by atoms with van der Waals surface area (Å²) in [4.78, 5) is 12.5. The van der Waals surface area contributed by atoms with Gasteiger partial charge < -0.3 is 9.52 Å². The van der Waals surface area contributed by atoms with Crippen molar-refractivity contribution >= 4 is 5.97 Å². The summed E-state index contributed by atoms with van der Waals surface area (Å²) in [6, 6.07) is 3.53. The average molecular weight is 208 g/mol. The van der Waals surface area contributed by atoms with Crippen molar-refractivity contribution in [2.45, 2.75) is 13.0 Å². The first kappa shape index (κ1) is 11.3. The topological polar surface area (TPSA) is 77.5 Å². The standard InChI is InChI=1S/C10H12N2O3/c1-12(4-2-3-11)6-9-5-8(7-15-9)10(13)14/h5,7H,2,4,6H2,1H3,(H,13,14). The third-order valence-corrected chi connectivity index (χ3v) is 1.93. The number of aromatic carboxylic acids is 1. The van der Waals surface area contributed by atoms with Gasteiger partial charge in [0.25, 0.3) is 0 Å². The van der Waals surface area contributed by atoms with Gasteiger partial charge in [-0.15, -0.1) is 0 Å². The zero-order valence-corrected chi connectivity index (χ0v) is 8.43. The maximum Gasteiger partial charge on any atom is 0.338 e. The highest BCUT2D eigenvalue weighted by molar-refractivity contribution is 5.87. The molecule has 5 nitrogen and oxygen atoms in total. The number of hydrogen-bond donors (Lipinski definition) is 1. The third-order valence-electron chi connectivity index (χ3n) is 1.93. The van der Waals surface area contributed by atoms with Gasteiger partial charge in [0, 0.05) is 13.0 Å². The zero-order chi connectivity index (χ0) is 11.3. The van der Waals surface area contributed by atoms with Crippen molar-refractivity contribution in [2.24, 2.45) is 0 Å². The van der Waals surface area contributed by atoms with E-state index >= 15 is 0 Å². The Labute approximate surface area is 87.5 Å². The smallest absolute Gasteiger partial charge is 0.338 e. The number of nitrogens with zero attached hydrogens (tertiary/aromatic N) is 2. The number of carbonyl (C=O) groups is 1. The van der Waals surface area contributed by atoms with E-state index in [1.165, 1.54) is 12.3 Å². The Morgan fingerprint density at radius 1 is 1.73 bits per heavy atom. The van der Waals surface area contributed by atoms with Gasteiger partial charge in [-0.1, -0.05) is 0 Å². The predicted octanol–water partition coefficient (Wildman–Crippen LogP) is 1.32. The molecule has 0 bridgehead atoms. The first-order valence-electron chi connectivity index (χ1n) is 4.49. The fraction of sp³-hybridized carbons (Fsp3) is 0.400. The van der Waals surface area contributed by atoms with Crippen LogP contribution in [-0.2, 0) is 6.54 Å². The van der Waals surface area contributed by atoms with Crippen molar-refractivity contribution in [1.82, 2.24) is 4.90 Å². The Kier molecular flexibility index (Phi) is 3.89. The van der Waals surface area contributed by atoms with Crippen molar-refractivity contribution in [3.05, 3.63) is 23.7 Å². The molecule has 0 radical (unpaired) electrons. The summed E-state index contributed by atoms with van der Waals surface area (Å²) in [6.45, 7) is 1.15. The molecule has 0 aliphatic heterocycles. The SMILES string of the molecule is CN(CCC#N)Cc1cc(C(=O)O)co1. The summed E-state index contributed by atoms with van der Waals surface area (Å²) in [7, 11) is 1.85. The van der Waals surface area contributed by atoms with Gasteiger partial charge in [-0.25, -0.2) is 4.79 Å². The molecule has 80 valence electrons. The fourth-order valence-corrected chi connectivity index (χ4v) is 1.16. The molecule has 0 fully saturated rings. The van der Waals surface area contributed by atoms with Gasteiger partial charge in [0.05, 0.1) is 18.2 Å². The Morgan fingerprint density at radius 3 is 3.00 bits per heavy atom. The van der Waals surface area contributed by atoms with Crippen LogP contribution in [0.5, 0.6) is 0 Å². The van der Waals surface area contributed by atoms with E-state index in [0.717, 1.165) is 0 Å². The Bertz CT molecular complexity index is 378. The van der Waals surface area contributed by atoms with Crippen LogP contribution in [0.1, 0.15) is 22.5 Å². The average Bonchev–Trinajstić information content (AvgIpc) is 2.63. The van der Waals surface area contributed by atoms with Gasteiger partial charge in [-0.05, 0) is 13.1 Å². The second-order valence-corrected chi connectivity index (χ2v) is 3.25. The van der Waals surface area contributed by atoms with Gasteiger partial charge in [0.2, 0.25) is 0 Å². The summed E-state index contributed by atoms with van der Waals surface area (Å²) in [6.07, 6.45) is 1.67. The third kappa shape index (κ3) is 3.44. The van der Waals surface area contributed by atoms with Gasteiger partial charge in [-0.3, -0.25) is 4.90 Å². The van der Waals surface area contributed by atoms with E-state index in [1.54, 1.807) is 0 Å². The monoisotopic (exact) mass is 208 g/mol. The minimum Gasteiger partial charge on any atom is -0.478 e. The fourth-order valence-electron chi connectivity index (χ4n) is 1.16.